The minimum absolute atomic E-state index is 0.0227. The number of hydrogen-bond acceptors (Lipinski definition) is 10. The summed E-state index contributed by atoms with van der Waals surface area (Å²) in [6.45, 7) is 0.368. The van der Waals surface area contributed by atoms with Gasteiger partial charge in [-0.15, -0.1) is 11.3 Å². The number of nitrogens with one attached hydrogen (secondary N) is 1. The maximum atomic E-state index is 14.0. The van der Waals surface area contributed by atoms with Crippen molar-refractivity contribution in [2.45, 2.75) is 23.8 Å². The van der Waals surface area contributed by atoms with Crippen molar-refractivity contribution in [2.24, 2.45) is 0 Å². The first kappa shape index (κ1) is 25.2. The average molecular weight is 543 g/mol. The molecule has 9 nitrogen and oxygen atoms in total. The Morgan fingerprint density at radius 1 is 1.17 bits per heavy atom. The molecular weight excluding hydrogens is 522 g/mol. The summed E-state index contributed by atoms with van der Waals surface area (Å²) in [6, 6.07) is 4.33. The van der Waals surface area contributed by atoms with Crippen molar-refractivity contribution in [3.05, 3.63) is 56.6 Å². The van der Waals surface area contributed by atoms with Crippen molar-refractivity contribution < 1.29 is 31.5 Å². The number of sulfonamides is 1. The van der Waals surface area contributed by atoms with Crippen molar-refractivity contribution in [1.29, 1.82) is 0 Å². The van der Waals surface area contributed by atoms with Gasteiger partial charge in [-0.25, -0.2) is 27.0 Å². The van der Waals surface area contributed by atoms with E-state index in [4.69, 9.17) is 5.73 Å². The average Bonchev–Trinajstić information content (AvgIpc) is 3.46. The summed E-state index contributed by atoms with van der Waals surface area (Å²) in [5.41, 5.74) is 5.14. The van der Waals surface area contributed by atoms with Crippen LogP contribution in [0.4, 0.5) is 19.7 Å². The summed E-state index contributed by atoms with van der Waals surface area (Å²) in [4.78, 5) is 28.5. The van der Waals surface area contributed by atoms with E-state index in [1.165, 1.54) is 22.9 Å². The van der Waals surface area contributed by atoms with Gasteiger partial charge in [0.1, 0.15) is 32.1 Å². The van der Waals surface area contributed by atoms with E-state index in [1.54, 1.807) is 0 Å². The number of esters is 1. The van der Waals surface area contributed by atoms with Gasteiger partial charge in [0.05, 0.1) is 12.7 Å². The van der Waals surface area contributed by atoms with Gasteiger partial charge in [0.2, 0.25) is 15.8 Å². The summed E-state index contributed by atoms with van der Waals surface area (Å²) < 4.78 is 60.1. The molecule has 1 fully saturated rings. The molecule has 0 amide bonds. The highest BCUT2D eigenvalue weighted by Gasteiger charge is 2.34. The number of thiazole rings is 1. The summed E-state index contributed by atoms with van der Waals surface area (Å²) in [5, 5.41) is 4.92. The molecule has 0 aliphatic carbocycles. The zero-order valence-electron chi connectivity index (χ0n) is 18.3. The molecule has 0 saturated carbocycles. The molecule has 0 unspecified atom stereocenters. The summed E-state index contributed by atoms with van der Waals surface area (Å²) in [5.74, 6) is -3.75. The van der Waals surface area contributed by atoms with Gasteiger partial charge in [0, 0.05) is 19.1 Å². The van der Waals surface area contributed by atoms with Crippen molar-refractivity contribution in [2.75, 3.05) is 31.2 Å². The third-order valence-corrected chi connectivity index (χ3v) is 9.41. The predicted molar refractivity (Wildman–Crippen MR) is 127 cm³/mol. The van der Waals surface area contributed by atoms with Gasteiger partial charge in [-0.3, -0.25) is 4.79 Å². The molecule has 0 spiro atoms. The highest BCUT2D eigenvalue weighted by atomic mass is 32.2. The van der Waals surface area contributed by atoms with Crippen LogP contribution in [0.3, 0.4) is 0 Å². The monoisotopic (exact) mass is 542 g/mol. The number of thiophene rings is 1. The number of halogens is 2. The largest absolute Gasteiger partial charge is 0.465 e. The summed E-state index contributed by atoms with van der Waals surface area (Å²) in [7, 11) is -2.70. The molecule has 1 aliphatic heterocycles. The van der Waals surface area contributed by atoms with E-state index >= 15 is 0 Å². The summed E-state index contributed by atoms with van der Waals surface area (Å²) >= 11 is 1.87. The Morgan fingerprint density at radius 2 is 1.83 bits per heavy atom. The van der Waals surface area contributed by atoms with Crippen LogP contribution in [0.15, 0.2) is 34.5 Å². The first-order valence-corrected chi connectivity index (χ1v) is 13.4. The molecule has 3 heterocycles. The third kappa shape index (κ3) is 4.91. The van der Waals surface area contributed by atoms with Crippen LogP contribution in [0.5, 0.6) is 0 Å². The zero-order chi connectivity index (χ0) is 25.3. The Balaban J connectivity index is 1.43. The van der Waals surface area contributed by atoms with E-state index in [0.29, 0.717) is 12.8 Å². The molecule has 1 aliphatic rings. The Hall–Kier alpha value is -2.94. The number of ether oxygens (including phenoxy) is 1. The lowest BCUT2D eigenvalue weighted by Gasteiger charge is -2.31. The number of nitrogen functional groups attached to an aromatic ring is 1. The lowest BCUT2D eigenvalue weighted by atomic mass is 10.1. The molecule has 1 aromatic carbocycles. The second-order valence-corrected chi connectivity index (χ2v) is 11.4. The lowest BCUT2D eigenvalue weighted by molar-refractivity contribution is 0.0602. The molecule has 4 rings (SSSR count). The molecule has 0 atom stereocenters. The van der Waals surface area contributed by atoms with Crippen molar-refractivity contribution in [1.82, 2.24) is 9.29 Å². The smallest absolute Gasteiger partial charge is 0.349 e. The van der Waals surface area contributed by atoms with Crippen LogP contribution in [-0.2, 0) is 14.8 Å². The number of carbonyl (C=O) groups excluding carboxylic acids is 2. The number of ketones is 1. The number of carbonyl (C=O) groups is 2. The number of aromatic nitrogens is 1. The van der Waals surface area contributed by atoms with Crippen LogP contribution in [0.1, 0.15) is 37.7 Å². The number of rotatable bonds is 7. The van der Waals surface area contributed by atoms with Gasteiger partial charge < -0.3 is 15.8 Å². The fourth-order valence-corrected chi connectivity index (χ4v) is 7.37. The Kier molecular flexibility index (Phi) is 7.17. The van der Waals surface area contributed by atoms with E-state index < -0.39 is 39.0 Å². The Morgan fingerprint density at radius 3 is 2.46 bits per heavy atom. The molecule has 2 aromatic heterocycles. The van der Waals surface area contributed by atoms with Gasteiger partial charge in [0.25, 0.3) is 0 Å². The molecule has 3 aromatic rings. The van der Waals surface area contributed by atoms with Crippen molar-refractivity contribution in [3.8, 4) is 0 Å². The quantitative estimate of drug-likeness (QED) is 0.343. The highest BCUT2D eigenvalue weighted by Crippen LogP contribution is 2.32. The minimum atomic E-state index is -3.89. The second-order valence-electron chi connectivity index (χ2n) is 7.59. The van der Waals surface area contributed by atoms with E-state index in [1.807, 2.05) is 0 Å². The number of nitrogens with zero attached hydrogens (tertiary/aromatic N) is 2. The van der Waals surface area contributed by atoms with Crippen LogP contribution in [0.25, 0.3) is 0 Å². The minimum Gasteiger partial charge on any atom is -0.465 e. The molecule has 35 heavy (non-hydrogen) atoms. The second kappa shape index (κ2) is 9.97. The number of anilines is 2. The van der Waals surface area contributed by atoms with Crippen molar-refractivity contribution in [3.63, 3.8) is 0 Å². The fraction of sp³-hybridized carbons (Fsp3) is 0.286. The van der Waals surface area contributed by atoms with E-state index in [-0.39, 0.29) is 44.7 Å². The van der Waals surface area contributed by atoms with Crippen LogP contribution in [0, 0.1) is 11.6 Å². The normalized spacial score (nSPS) is 15.2. The molecule has 1 saturated heterocycles. The van der Waals surface area contributed by atoms with Crippen LogP contribution in [0.2, 0.25) is 0 Å². The van der Waals surface area contributed by atoms with Crippen LogP contribution >= 0.6 is 22.7 Å². The molecule has 0 radical (unpaired) electrons. The van der Waals surface area contributed by atoms with E-state index in [0.717, 1.165) is 40.9 Å². The number of piperidine rings is 1. The molecule has 0 bridgehead atoms. The van der Waals surface area contributed by atoms with E-state index in [9.17, 15) is 26.8 Å². The fourth-order valence-electron chi connectivity index (χ4n) is 3.68. The van der Waals surface area contributed by atoms with Gasteiger partial charge >= 0.3 is 5.97 Å². The maximum Gasteiger partial charge on any atom is 0.349 e. The molecular formula is C21H20F2N4O5S3. The maximum absolute atomic E-state index is 14.0. The van der Waals surface area contributed by atoms with Crippen LogP contribution < -0.4 is 11.1 Å². The molecule has 186 valence electrons. The van der Waals surface area contributed by atoms with Gasteiger partial charge in [-0.2, -0.15) is 4.31 Å². The van der Waals surface area contributed by atoms with Gasteiger partial charge in [0.15, 0.2) is 5.13 Å². The predicted octanol–water partition coefficient (Wildman–Crippen LogP) is 3.35. The number of hydrogen-bond donors (Lipinski definition) is 2. The first-order chi connectivity index (χ1) is 16.6. The highest BCUT2D eigenvalue weighted by molar-refractivity contribution is 7.89. The SMILES string of the molecule is COC(=O)c1sccc1S(=O)(=O)N1CCC(Nc2nc(N)c(C(=O)c3c(F)cccc3F)s2)CC1. The van der Waals surface area contributed by atoms with Crippen molar-refractivity contribution >= 4 is 55.4 Å². The molecule has 3 N–H and O–H groups in total. The third-order valence-electron chi connectivity index (χ3n) is 5.45. The van der Waals surface area contributed by atoms with E-state index in [2.05, 4.69) is 15.0 Å². The first-order valence-electron chi connectivity index (χ1n) is 10.3. The lowest BCUT2D eigenvalue weighted by Crippen LogP contribution is -2.42. The van der Waals surface area contributed by atoms with Gasteiger partial charge in [-0.05, 0) is 36.4 Å². The Labute approximate surface area is 207 Å². The number of nitrogens with two attached hydrogens (primary N) is 1. The number of benzene rings is 1. The van der Waals surface area contributed by atoms with Gasteiger partial charge in [-0.1, -0.05) is 17.4 Å². The van der Waals surface area contributed by atoms with Crippen LogP contribution in [-0.4, -0.2) is 55.7 Å². The number of methoxy groups -OCH3 is 1. The summed E-state index contributed by atoms with van der Waals surface area (Å²) in [6.07, 6.45) is 0.837. The Bertz CT molecular complexity index is 1360. The topological polar surface area (TPSA) is 132 Å². The molecule has 14 heteroatoms. The standard InChI is InChI=1S/C21H20F2N4O5S3/c1-32-20(29)17-14(7-10-33-17)35(30,31)27-8-5-11(6-9-27)25-21-26-19(24)18(34-21)16(28)15-12(22)3-2-4-13(15)23/h2-4,7,10-11H,5-6,8-9,24H2,1H3,(H,25,26). The zero-order valence-corrected chi connectivity index (χ0v) is 20.7.